The zero-order chi connectivity index (χ0) is 5.54. The summed E-state index contributed by atoms with van der Waals surface area (Å²) in [6.45, 7) is 1.06. The monoisotopic (exact) mass is 299 g/mol. The Bertz CT molecular complexity index is 33.2. The van der Waals surface area contributed by atoms with Crippen LogP contribution in [0.1, 0.15) is 0 Å². The Hall–Kier alpha value is 0.568. The van der Waals surface area contributed by atoms with E-state index in [1.165, 1.54) is 0 Å². The molecule has 54 valence electrons. The third-order valence-electron chi connectivity index (χ3n) is 0.516. The van der Waals surface area contributed by atoms with E-state index < -0.39 is 0 Å². The van der Waals surface area contributed by atoms with E-state index >= 15 is 0 Å². The molecule has 0 fully saturated rings. The van der Waals surface area contributed by atoms with Gasteiger partial charge < -0.3 is 15.5 Å². The SMILES string of the molecule is OCC[N-]CCO.[Pt]. The second-order valence-corrected chi connectivity index (χ2v) is 1.12. The normalized spacial score (nSPS) is 8.25. The second-order valence-electron chi connectivity index (χ2n) is 1.12. The molecule has 0 aliphatic rings. The Morgan fingerprint density at radius 1 is 1.00 bits per heavy atom. The van der Waals surface area contributed by atoms with Crippen molar-refractivity contribution >= 4 is 0 Å². The van der Waals surface area contributed by atoms with Gasteiger partial charge >= 0.3 is 0 Å². The van der Waals surface area contributed by atoms with Gasteiger partial charge in [-0.3, -0.25) is 0 Å². The Kier molecular flexibility index (Phi) is 15.0. The van der Waals surface area contributed by atoms with E-state index in [1.807, 2.05) is 0 Å². The molecule has 4 heteroatoms. The van der Waals surface area contributed by atoms with Gasteiger partial charge in [0.2, 0.25) is 0 Å². The summed E-state index contributed by atoms with van der Waals surface area (Å²) in [4.78, 5) is 0. The Morgan fingerprint density at radius 2 is 1.38 bits per heavy atom. The molecule has 0 aliphatic heterocycles. The standard InChI is InChI=1S/C4H10NO2.Pt/c6-3-1-5-2-4-7;/h6-7H,1-4H2;/q-1;. The maximum absolute atomic E-state index is 8.12. The summed E-state index contributed by atoms with van der Waals surface area (Å²) in [6.07, 6.45) is 0. The predicted octanol–water partition coefficient (Wildman–Crippen LogP) is -0.658. The summed E-state index contributed by atoms with van der Waals surface area (Å²) in [6, 6.07) is 0. The Balaban J connectivity index is 0. The van der Waals surface area contributed by atoms with Gasteiger partial charge in [-0.25, -0.2) is 0 Å². The largest absolute Gasteiger partial charge is 0.659 e. The van der Waals surface area contributed by atoms with Crippen molar-refractivity contribution in [3.05, 3.63) is 5.32 Å². The summed E-state index contributed by atoms with van der Waals surface area (Å²) < 4.78 is 0. The summed E-state index contributed by atoms with van der Waals surface area (Å²) >= 11 is 0. The first kappa shape index (κ1) is 11.4. The molecule has 8 heavy (non-hydrogen) atoms. The quantitative estimate of drug-likeness (QED) is 0.677. The van der Waals surface area contributed by atoms with Crippen LogP contribution >= 0.6 is 0 Å². The van der Waals surface area contributed by atoms with E-state index in [1.54, 1.807) is 0 Å². The molecule has 0 heterocycles. The van der Waals surface area contributed by atoms with Crippen LogP contribution in [0.25, 0.3) is 5.32 Å². The molecule has 2 N–H and O–H groups in total. The number of aliphatic hydroxyl groups is 2. The van der Waals surface area contributed by atoms with Gasteiger partial charge in [0.25, 0.3) is 0 Å². The van der Waals surface area contributed by atoms with Crippen LogP contribution in [-0.4, -0.2) is 36.5 Å². The van der Waals surface area contributed by atoms with E-state index in [4.69, 9.17) is 10.2 Å². The molecule has 0 radical (unpaired) electrons. The van der Waals surface area contributed by atoms with Crippen molar-refractivity contribution in [2.75, 3.05) is 26.3 Å². The fourth-order valence-corrected chi connectivity index (χ4v) is 0.253. The maximum atomic E-state index is 8.12. The van der Waals surface area contributed by atoms with E-state index in [-0.39, 0.29) is 34.3 Å². The zero-order valence-electron chi connectivity index (χ0n) is 4.49. The molecule has 0 aromatic heterocycles. The smallest absolute Gasteiger partial charge is 0.0243 e. The van der Waals surface area contributed by atoms with Gasteiger partial charge in [-0.1, -0.05) is 0 Å². The zero-order valence-corrected chi connectivity index (χ0v) is 6.76. The Morgan fingerprint density at radius 3 is 1.62 bits per heavy atom. The molecular formula is C4H10NO2Pt-. The molecule has 0 saturated heterocycles. The topological polar surface area (TPSA) is 54.6 Å². The maximum Gasteiger partial charge on any atom is 0.0243 e. The fraction of sp³-hybridized carbons (Fsp3) is 1.00. The number of rotatable bonds is 4. The molecule has 0 rings (SSSR count). The molecule has 0 unspecified atom stereocenters. The van der Waals surface area contributed by atoms with Gasteiger partial charge in [-0.05, 0) is 0 Å². The van der Waals surface area contributed by atoms with Crippen LogP contribution in [0.15, 0.2) is 0 Å². The van der Waals surface area contributed by atoms with Gasteiger partial charge in [0.1, 0.15) is 0 Å². The number of hydrogen-bond donors (Lipinski definition) is 2. The first-order valence-corrected chi connectivity index (χ1v) is 2.26. The minimum absolute atomic E-state index is 0. The summed E-state index contributed by atoms with van der Waals surface area (Å²) in [5, 5.41) is 19.9. The fourth-order valence-electron chi connectivity index (χ4n) is 0.253. The minimum Gasteiger partial charge on any atom is -0.659 e. The first-order valence-electron chi connectivity index (χ1n) is 2.26. The molecule has 0 bridgehead atoms. The number of hydrogen-bond acceptors (Lipinski definition) is 2. The third-order valence-corrected chi connectivity index (χ3v) is 0.516. The van der Waals surface area contributed by atoms with Crippen molar-refractivity contribution in [2.45, 2.75) is 0 Å². The van der Waals surface area contributed by atoms with E-state index in [2.05, 4.69) is 5.32 Å². The summed E-state index contributed by atoms with van der Waals surface area (Å²) in [5.74, 6) is 0. The van der Waals surface area contributed by atoms with Crippen LogP contribution < -0.4 is 0 Å². The van der Waals surface area contributed by atoms with Crippen LogP contribution in [0.5, 0.6) is 0 Å². The molecule has 0 aromatic carbocycles. The van der Waals surface area contributed by atoms with Crippen molar-refractivity contribution in [3.8, 4) is 0 Å². The molecule has 0 aliphatic carbocycles. The van der Waals surface area contributed by atoms with Crippen LogP contribution in [0.4, 0.5) is 0 Å². The molecule has 0 amide bonds. The average Bonchev–Trinajstić information content (AvgIpc) is 1.69. The summed E-state index contributed by atoms with van der Waals surface area (Å²) in [7, 11) is 0. The van der Waals surface area contributed by atoms with Crippen molar-refractivity contribution < 1.29 is 31.3 Å². The van der Waals surface area contributed by atoms with Crippen LogP contribution in [-0.2, 0) is 21.1 Å². The minimum atomic E-state index is 0. The summed E-state index contributed by atoms with van der Waals surface area (Å²) in [5.41, 5.74) is 0. The predicted molar refractivity (Wildman–Crippen MR) is 27.3 cm³/mol. The molecule has 0 atom stereocenters. The van der Waals surface area contributed by atoms with Gasteiger partial charge in [0, 0.05) is 34.3 Å². The van der Waals surface area contributed by atoms with E-state index in [0.29, 0.717) is 13.1 Å². The van der Waals surface area contributed by atoms with Gasteiger partial charge in [0.05, 0.1) is 0 Å². The van der Waals surface area contributed by atoms with Crippen molar-refractivity contribution in [1.82, 2.24) is 0 Å². The van der Waals surface area contributed by atoms with Crippen LogP contribution in [0, 0.1) is 0 Å². The van der Waals surface area contributed by atoms with Crippen LogP contribution in [0.3, 0.4) is 0 Å². The molecule has 3 nitrogen and oxygen atoms in total. The van der Waals surface area contributed by atoms with Crippen molar-refractivity contribution in [3.63, 3.8) is 0 Å². The van der Waals surface area contributed by atoms with E-state index in [9.17, 15) is 0 Å². The average molecular weight is 299 g/mol. The first-order chi connectivity index (χ1) is 3.41. The third kappa shape index (κ3) is 9.76. The number of nitrogens with zero attached hydrogens (tertiary/aromatic N) is 1. The van der Waals surface area contributed by atoms with Crippen LogP contribution in [0.2, 0.25) is 0 Å². The van der Waals surface area contributed by atoms with Gasteiger partial charge in [-0.15, -0.1) is 13.1 Å². The van der Waals surface area contributed by atoms with Crippen molar-refractivity contribution in [2.24, 2.45) is 0 Å². The number of aliphatic hydroxyl groups excluding tert-OH is 2. The molecule has 0 saturated carbocycles. The molecule has 0 aromatic rings. The van der Waals surface area contributed by atoms with Gasteiger partial charge in [0.15, 0.2) is 0 Å². The molecular weight excluding hydrogens is 289 g/mol. The Labute approximate surface area is 63.4 Å². The molecule has 0 spiro atoms. The second kappa shape index (κ2) is 10.5. The van der Waals surface area contributed by atoms with Crippen molar-refractivity contribution in [1.29, 1.82) is 0 Å². The van der Waals surface area contributed by atoms with Gasteiger partial charge in [-0.2, -0.15) is 0 Å². The van der Waals surface area contributed by atoms with E-state index in [0.717, 1.165) is 0 Å².